The van der Waals surface area contributed by atoms with Crippen molar-refractivity contribution in [2.45, 2.75) is 40.2 Å². The molecule has 0 radical (unpaired) electrons. The van der Waals surface area contributed by atoms with Gasteiger partial charge in [0.2, 0.25) is 0 Å². The number of hydrogen-bond acceptors (Lipinski definition) is 2. The summed E-state index contributed by atoms with van der Waals surface area (Å²) in [4.78, 5) is 12.1. The van der Waals surface area contributed by atoms with Crippen molar-refractivity contribution in [2.75, 3.05) is 6.61 Å². The molecule has 1 heterocycles. The van der Waals surface area contributed by atoms with Crippen LogP contribution in [-0.4, -0.2) is 18.6 Å². The zero-order valence-electron chi connectivity index (χ0n) is 11.5. The highest BCUT2D eigenvalue weighted by molar-refractivity contribution is 5.94. The predicted molar refractivity (Wildman–Crippen MR) is 72.0 cm³/mol. The number of nitrogens with one attached hydrogen (secondary N) is 1. The van der Waals surface area contributed by atoms with Gasteiger partial charge in [-0.15, -0.1) is 0 Å². The van der Waals surface area contributed by atoms with E-state index in [1.54, 1.807) is 0 Å². The molecule has 1 amide bonds. The molecule has 1 aromatic rings. The number of ether oxygens (including phenoxy) is 1. The quantitative estimate of drug-likeness (QED) is 0.872. The molecule has 1 aliphatic rings. The molecule has 1 aromatic carbocycles. The number of amides is 1. The second kappa shape index (κ2) is 4.63. The van der Waals surface area contributed by atoms with Crippen LogP contribution in [0, 0.1) is 5.41 Å². The van der Waals surface area contributed by atoms with Gasteiger partial charge in [0, 0.05) is 18.0 Å². The van der Waals surface area contributed by atoms with Gasteiger partial charge in [0.15, 0.2) is 0 Å². The molecule has 18 heavy (non-hydrogen) atoms. The van der Waals surface area contributed by atoms with E-state index in [9.17, 15) is 4.79 Å². The van der Waals surface area contributed by atoms with Gasteiger partial charge in [-0.3, -0.25) is 4.79 Å². The van der Waals surface area contributed by atoms with E-state index >= 15 is 0 Å². The molecule has 0 fully saturated rings. The fraction of sp³-hybridized carbons (Fsp3) is 0.533. The van der Waals surface area contributed by atoms with Gasteiger partial charge in [-0.25, -0.2) is 0 Å². The molecular weight excluding hydrogens is 226 g/mol. The molecule has 0 spiro atoms. The summed E-state index contributed by atoms with van der Waals surface area (Å²) in [6.45, 7) is 9.12. The molecular formula is C15H21NO2. The van der Waals surface area contributed by atoms with E-state index in [0.29, 0.717) is 0 Å². The van der Waals surface area contributed by atoms with Crippen molar-refractivity contribution >= 4 is 5.91 Å². The molecule has 0 aliphatic carbocycles. The Morgan fingerprint density at radius 3 is 2.78 bits per heavy atom. The van der Waals surface area contributed by atoms with Crippen LogP contribution in [0.2, 0.25) is 0 Å². The summed E-state index contributed by atoms with van der Waals surface area (Å²) >= 11 is 0. The van der Waals surface area contributed by atoms with Crippen LogP contribution < -0.4 is 10.1 Å². The lowest BCUT2D eigenvalue weighted by Crippen LogP contribution is -2.41. The molecule has 1 aliphatic heterocycles. The maximum Gasteiger partial charge on any atom is 0.251 e. The van der Waals surface area contributed by atoms with E-state index in [1.807, 2.05) is 25.1 Å². The standard InChI is InChI=1S/C15H21NO2/c1-10(15(2,3)4)16-14(17)12-5-6-13-11(9-12)7-8-18-13/h5-6,9-10H,7-8H2,1-4H3,(H,16,17). The van der Waals surface area contributed by atoms with Gasteiger partial charge in [0.25, 0.3) is 5.91 Å². The highest BCUT2D eigenvalue weighted by atomic mass is 16.5. The van der Waals surface area contributed by atoms with Gasteiger partial charge in [-0.05, 0) is 36.1 Å². The van der Waals surface area contributed by atoms with Crippen LogP contribution in [0.3, 0.4) is 0 Å². The Hall–Kier alpha value is -1.51. The third-order valence-corrected chi connectivity index (χ3v) is 3.60. The summed E-state index contributed by atoms with van der Waals surface area (Å²) in [7, 11) is 0. The first-order valence-electron chi connectivity index (χ1n) is 6.44. The van der Waals surface area contributed by atoms with Crippen molar-refractivity contribution in [3.63, 3.8) is 0 Å². The number of hydrogen-bond donors (Lipinski definition) is 1. The van der Waals surface area contributed by atoms with Crippen molar-refractivity contribution in [3.8, 4) is 5.75 Å². The SMILES string of the molecule is CC(NC(=O)c1ccc2c(c1)CCO2)C(C)(C)C. The molecule has 3 nitrogen and oxygen atoms in total. The van der Waals surface area contributed by atoms with Gasteiger partial charge in [-0.2, -0.15) is 0 Å². The average Bonchev–Trinajstić information content (AvgIpc) is 2.74. The highest BCUT2D eigenvalue weighted by Crippen LogP contribution is 2.26. The molecule has 1 atom stereocenters. The van der Waals surface area contributed by atoms with Gasteiger partial charge < -0.3 is 10.1 Å². The fourth-order valence-electron chi connectivity index (χ4n) is 1.82. The summed E-state index contributed by atoms with van der Waals surface area (Å²) in [6.07, 6.45) is 0.894. The molecule has 0 aromatic heterocycles. The third-order valence-electron chi connectivity index (χ3n) is 3.60. The Morgan fingerprint density at radius 2 is 2.11 bits per heavy atom. The minimum atomic E-state index is -0.00729. The Labute approximate surface area is 109 Å². The first-order valence-corrected chi connectivity index (χ1v) is 6.44. The van der Waals surface area contributed by atoms with E-state index in [1.165, 1.54) is 0 Å². The molecule has 98 valence electrons. The highest BCUT2D eigenvalue weighted by Gasteiger charge is 2.23. The van der Waals surface area contributed by atoms with Crippen molar-refractivity contribution in [3.05, 3.63) is 29.3 Å². The fourth-order valence-corrected chi connectivity index (χ4v) is 1.82. The third kappa shape index (κ3) is 2.66. The summed E-state index contributed by atoms with van der Waals surface area (Å²) in [5.74, 6) is 0.905. The molecule has 1 N–H and O–H groups in total. The van der Waals surface area contributed by atoms with Crippen LogP contribution >= 0.6 is 0 Å². The van der Waals surface area contributed by atoms with E-state index in [-0.39, 0.29) is 17.4 Å². The molecule has 0 bridgehead atoms. The van der Waals surface area contributed by atoms with E-state index in [0.717, 1.165) is 29.9 Å². The second-order valence-corrected chi connectivity index (χ2v) is 5.98. The number of benzene rings is 1. The Morgan fingerprint density at radius 1 is 1.39 bits per heavy atom. The van der Waals surface area contributed by atoms with E-state index in [4.69, 9.17) is 4.74 Å². The van der Waals surface area contributed by atoms with E-state index < -0.39 is 0 Å². The average molecular weight is 247 g/mol. The lowest BCUT2D eigenvalue weighted by molar-refractivity contribution is 0.0910. The normalized spacial score (nSPS) is 15.8. The van der Waals surface area contributed by atoms with Crippen LogP contribution in [0.4, 0.5) is 0 Å². The van der Waals surface area contributed by atoms with Crippen LogP contribution in [-0.2, 0) is 6.42 Å². The van der Waals surface area contributed by atoms with Crippen molar-refractivity contribution in [1.82, 2.24) is 5.32 Å². The predicted octanol–water partition coefficient (Wildman–Crippen LogP) is 2.79. The lowest BCUT2D eigenvalue weighted by atomic mass is 9.88. The Balaban J connectivity index is 2.10. The number of rotatable bonds is 2. The maximum atomic E-state index is 12.1. The maximum absolute atomic E-state index is 12.1. The summed E-state index contributed by atoms with van der Waals surface area (Å²) in [5.41, 5.74) is 1.91. The van der Waals surface area contributed by atoms with Gasteiger partial charge >= 0.3 is 0 Å². The molecule has 0 saturated carbocycles. The zero-order valence-corrected chi connectivity index (χ0v) is 11.5. The first-order chi connectivity index (χ1) is 8.38. The number of carbonyl (C=O) groups excluding carboxylic acids is 1. The Bertz CT molecular complexity index is 460. The monoisotopic (exact) mass is 247 g/mol. The van der Waals surface area contributed by atoms with Crippen LogP contribution in [0.5, 0.6) is 5.75 Å². The minimum Gasteiger partial charge on any atom is -0.493 e. The van der Waals surface area contributed by atoms with Gasteiger partial charge in [-0.1, -0.05) is 20.8 Å². The molecule has 1 unspecified atom stereocenters. The van der Waals surface area contributed by atoms with Gasteiger partial charge in [0.1, 0.15) is 5.75 Å². The number of fused-ring (bicyclic) bond motifs is 1. The van der Waals surface area contributed by atoms with Crippen molar-refractivity contribution < 1.29 is 9.53 Å². The summed E-state index contributed by atoms with van der Waals surface area (Å²) in [6, 6.07) is 5.79. The van der Waals surface area contributed by atoms with Gasteiger partial charge in [0.05, 0.1) is 6.61 Å². The summed E-state index contributed by atoms with van der Waals surface area (Å²) in [5, 5.41) is 3.05. The molecule has 0 saturated heterocycles. The topological polar surface area (TPSA) is 38.3 Å². The van der Waals surface area contributed by atoms with Crippen molar-refractivity contribution in [1.29, 1.82) is 0 Å². The smallest absolute Gasteiger partial charge is 0.251 e. The molecule has 2 rings (SSSR count). The van der Waals surface area contributed by atoms with Crippen molar-refractivity contribution in [2.24, 2.45) is 5.41 Å². The largest absolute Gasteiger partial charge is 0.493 e. The molecule has 3 heteroatoms. The second-order valence-electron chi connectivity index (χ2n) is 5.98. The van der Waals surface area contributed by atoms with E-state index in [2.05, 4.69) is 26.1 Å². The van der Waals surface area contributed by atoms with Crippen LogP contribution in [0.1, 0.15) is 43.6 Å². The summed E-state index contributed by atoms with van der Waals surface area (Å²) < 4.78 is 5.44. The number of carbonyl (C=O) groups is 1. The Kier molecular flexibility index (Phi) is 3.33. The van der Waals surface area contributed by atoms with Crippen LogP contribution in [0.15, 0.2) is 18.2 Å². The lowest BCUT2D eigenvalue weighted by Gasteiger charge is -2.28. The minimum absolute atomic E-state index is 0.00729. The first kappa shape index (κ1) is 12.9. The zero-order chi connectivity index (χ0) is 13.3. The van der Waals surface area contributed by atoms with Crippen LogP contribution in [0.25, 0.3) is 0 Å².